The molecule has 370 valence electrons. The molecular formula is C54H74N2O12+2. The Morgan fingerprint density at radius 1 is 0.500 bits per heavy atom. The van der Waals surface area contributed by atoms with Crippen LogP contribution in [0.15, 0.2) is 60.7 Å². The van der Waals surface area contributed by atoms with Gasteiger partial charge in [0.1, 0.15) is 12.1 Å². The summed E-state index contributed by atoms with van der Waals surface area (Å²) in [4.78, 5) is 26.6. The van der Waals surface area contributed by atoms with E-state index in [9.17, 15) is 9.59 Å². The Labute approximate surface area is 403 Å². The van der Waals surface area contributed by atoms with E-state index in [1.807, 2.05) is 24.3 Å². The Morgan fingerprint density at radius 3 is 1.19 bits per heavy atom. The maximum Gasteiger partial charge on any atom is 0.311 e. The van der Waals surface area contributed by atoms with E-state index in [4.69, 9.17) is 47.4 Å². The van der Waals surface area contributed by atoms with Crippen molar-refractivity contribution in [3.8, 4) is 46.0 Å². The number of ether oxygens (including phenoxy) is 10. The van der Waals surface area contributed by atoms with Crippen LogP contribution in [0.4, 0.5) is 0 Å². The Balaban J connectivity index is 1.01. The van der Waals surface area contributed by atoms with Crippen LogP contribution in [-0.4, -0.2) is 131 Å². The maximum absolute atomic E-state index is 13.3. The standard InChI is InChI=1S/C54H74N2O12/c1-36(20-26-67-53(57)18-24-55(2)22-16-39-32-49(63-8)51(65-10)34-41(39)43(55)28-37-12-14-45(59-4)47(30-37)61-6)21-27-68-54(58)19-25-56(3)23-17-40-33-50(64-9)52(66-11)35-42(40)44(56)29-38-13-15-46(60-5)48(31-38)62-7/h12-15,30-36,43-44H,16-29H2,1-11H3/q+2/t36?,43-,44-,55?,56?/m1/s1. The normalized spacial score (nSPS) is 19.9. The first kappa shape index (κ1) is 51.5. The lowest BCUT2D eigenvalue weighted by atomic mass is 9.86. The zero-order valence-electron chi connectivity index (χ0n) is 42.2. The molecule has 0 aliphatic carbocycles. The van der Waals surface area contributed by atoms with E-state index in [0.717, 1.165) is 49.9 Å². The van der Waals surface area contributed by atoms with Crippen LogP contribution in [0, 0.1) is 5.92 Å². The minimum atomic E-state index is -0.218. The molecule has 0 spiro atoms. The summed E-state index contributed by atoms with van der Waals surface area (Å²) in [7, 11) is 17.6. The van der Waals surface area contributed by atoms with Crippen molar-refractivity contribution >= 4 is 11.9 Å². The fourth-order valence-electron chi connectivity index (χ4n) is 10.0. The van der Waals surface area contributed by atoms with Crippen LogP contribution >= 0.6 is 0 Å². The molecule has 2 heterocycles. The lowest BCUT2D eigenvalue weighted by Crippen LogP contribution is -2.53. The summed E-state index contributed by atoms with van der Waals surface area (Å²) in [6.45, 7) is 5.63. The quantitative estimate of drug-likeness (QED) is 0.0496. The molecular weight excluding hydrogens is 869 g/mol. The predicted octanol–water partition coefficient (Wildman–Crippen LogP) is 8.31. The molecule has 6 rings (SSSR count). The molecule has 0 aromatic heterocycles. The third-order valence-corrected chi connectivity index (χ3v) is 14.5. The van der Waals surface area contributed by atoms with Crippen molar-refractivity contribution in [2.24, 2.45) is 5.92 Å². The van der Waals surface area contributed by atoms with Crippen molar-refractivity contribution in [3.63, 3.8) is 0 Å². The summed E-state index contributed by atoms with van der Waals surface area (Å²) in [5.41, 5.74) is 7.00. The van der Waals surface area contributed by atoms with Crippen LogP contribution in [0.5, 0.6) is 46.0 Å². The van der Waals surface area contributed by atoms with Crippen molar-refractivity contribution in [1.29, 1.82) is 0 Å². The first-order valence-electron chi connectivity index (χ1n) is 23.7. The van der Waals surface area contributed by atoms with E-state index in [-0.39, 0.29) is 42.8 Å². The number of benzene rings is 4. The molecule has 0 amide bonds. The third kappa shape index (κ3) is 12.0. The van der Waals surface area contributed by atoms with Crippen molar-refractivity contribution in [3.05, 3.63) is 94.0 Å². The average Bonchev–Trinajstić information content (AvgIpc) is 3.35. The highest BCUT2D eigenvalue weighted by Crippen LogP contribution is 2.45. The van der Waals surface area contributed by atoms with Crippen LogP contribution in [0.2, 0.25) is 0 Å². The van der Waals surface area contributed by atoms with Gasteiger partial charge in [0.05, 0.1) is 123 Å². The van der Waals surface area contributed by atoms with Crippen LogP contribution in [0.25, 0.3) is 0 Å². The van der Waals surface area contributed by atoms with Crippen molar-refractivity contribution in [2.45, 2.75) is 70.4 Å². The fourth-order valence-corrected chi connectivity index (χ4v) is 10.0. The summed E-state index contributed by atoms with van der Waals surface area (Å²) in [6.07, 6.45) is 5.03. The number of carbonyl (C=O) groups is 2. The lowest BCUT2D eigenvalue weighted by Gasteiger charge is -2.46. The van der Waals surface area contributed by atoms with Crippen LogP contribution in [0.1, 0.15) is 78.1 Å². The summed E-state index contributed by atoms with van der Waals surface area (Å²) in [5.74, 6) is 5.24. The Morgan fingerprint density at radius 2 is 0.838 bits per heavy atom. The molecule has 0 fully saturated rings. The molecule has 2 aliphatic heterocycles. The number of carbonyl (C=O) groups excluding carboxylic acids is 2. The zero-order chi connectivity index (χ0) is 49.0. The van der Waals surface area contributed by atoms with Gasteiger partial charge in [0.15, 0.2) is 46.0 Å². The van der Waals surface area contributed by atoms with Gasteiger partial charge >= 0.3 is 11.9 Å². The van der Waals surface area contributed by atoms with E-state index in [2.05, 4.69) is 57.4 Å². The van der Waals surface area contributed by atoms with Crippen molar-refractivity contribution in [2.75, 3.05) is 110 Å². The topological polar surface area (TPSA) is 126 Å². The highest BCUT2D eigenvalue weighted by molar-refractivity contribution is 5.69. The first-order chi connectivity index (χ1) is 32.7. The van der Waals surface area contributed by atoms with Gasteiger partial charge < -0.3 is 56.3 Å². The maximum atomic E-state index is 13.3. The number of fused-ring (bicyclic) bond motifs is 2. The highest BCUT2D eigenvalue weighted by Gasteiger charge is 2.42. The Kier molecular flexibility index (Phi) is 17.8. The number of nitrogens with zero attached hydrogens (tertiary/aromatic N) is 2. The van der Waals surface area contributed by atoms with Crippen molar-refractivity contribution in [1.82, 2.24) is 0 Å². The Bertz CT molecular complexity index is 2190. The van der Waals surface area contributed by atoms with Gasteiger partial charge in [0, 0.05) is 36.8 Å². The van der Waals surface area contributed by atoms with E-state index < -0.39 is 0 Å². The molecule has 2 aliphatic rings. The number of rotatable bonds is 24. The second kappa shape index (κ2) is 23.4. The number of hydrogen-bond acceptors (Lipinski definition) is 12. The molecule has 0 saturated carbocycles. The van der Waals surface area contributed by atoms with Gasteiger partial charge in [0.25, 0.3) is 0 Å². The molecule has 4 aromatic rings. The highest BCUT2D eigenvalue weighted by atomic mass is 16.5. The number of methoxy groups -OCH3 is 8. The average molecular weight is 943 g/mol. The van der Waals surface area contributed by atoms with Crippen LogP contribution in [-0.2, 0) is 44.7 Å². The number of quaternary nitrogens is 2. The number of likely N-dealkylation sites (N-methyl/N-ethyl adjacent to an activating group) is 2. The summed E-state index contributed by atoms with van der Waals surface area (Å²) in [6, 6.07) is 20.5. The monoisotopic (exact) mass is 943 g/mol. The zero-order valence-corrected chi connectivity index (χ0v) is 42.2. The minimum Gasteiger partial charge on any atom is -0.493 e. The fraction of sp³-hybridized carbons (Fsp3) is 0.519. The minimum absolute atomic E-state index is 0.0347. The van der Waals surface area contributed by atoms with Crippen LogP contribution in [0.3, 0.4) is 0 Å². The van der Waals surface area contributed by atoms with Gasteiger partial charge in [-0.05, 0) is 89.5 Å². The molecule has 0 radical (unpaired) electrons. The Hall–Kier alpha value is -5.86. The van der Waals surface area contributed by atoms with Crippen LogP contribution < -0.4 is 37.9 Å². The van der Waals surface area contributed by atoms with E-state index in [1.165, 1.54) is 22.3 Å². The summed E-state index contributed by atoms with van der Waals surface area (Å²) >= 11 is 0. The van der Waals surface area contributed by atoms with Crippen molar-refractivity contribution < 1.29 is 65.9 Å². The largest absolute Gasteiger partial charge is 0.493 e. The number of hydrogen-bond donors (Lipinski definition) is 0. The molecule has 0 bridgehead atoms. The van der Waals surface area contributed by atoms with E-state index in [1.54, 1.807) is 56.9 Å². The second-order valence-electron chi connectivity index (χ2n) is 18.6. The predicted molar refractivity (Wildman–Crippen MR) is 260 cm³/mol. The first-order valence-corrected chi connectivity index (χ1v) is 23.7. The van der Waals surface area contributed by atoms with Gasteiger partial charge in [-0.15, -0.1) is 0 Å². The van der Waals surface area contributed by atoms with E-state index >= 15 is 0 Å². The third-order valence-electron chi connectivity index (χ3n) is 14.5. The molecule has 14 heteroatoms. The van der Waals surface area contributed by atoms with Gasteiger partial charge in [0.2, 0.25) is 0 Å². The number of esters is 2. The lowest BCUT2D eigenvalue weighted by molar-refractivity contribution is -0.940. The van der Waals surface area contributed by atoms with Gasteiger partial charge in [-0.2, -0.15) is 0 Å². The molecule has 4 aromatic carbocycles. The molecule has 2 unspecified atom stereocenters. The molecule has 14 nitrogen and oxygen atoms in total. The molecule has 0 N–H and O–H groups in total. The molecule has 0 saturated heterocycles. The van der Waals surface area contributed by atoms with E-state index in [0.29, 0.717) is 94.1 Å². The van der Waals surface area contributed by atoms with Gasteiger partial charge in [-0.3, -0.25) is 9.59 Å². The molecule has 68 heavy (non-hydrogen) atoms. The second-order valence-corrected chi connectivity index (χ2v) is 18.6. The SMILES string of the molecule is COc1ccc(C[C@@H]2c3cc(OC)c(OC)cc3CC[N+]2(C)CCC(=O)OCCC(C)CCOC(=O)CC[N+]2(C)CCc3cc(OC)c(OC)cc3[C@H]2Cc2ccc(OC)c(OC)c2)cc1OC. The van der Waals surface area contributed by atoms with Gasteiger partial charge in [-0.25, -0.2) is 0 Å². The van der Waals surface area contributed by atoms with Gasteiger partial charge in [-0.1, -0.05) is 19.1 Å². The summed E-state index contributed by atoms with van der Waals surface area (Å²) < 4.78 is 58.0. The molecule has 4 atom stereocenters. The summed E-state index contributed by atoms with van der Waals surface area (Å²) in [5, 5.41) is 0. The smallest absolute Gasteiger partial charge is 0.311 e.